The van der Waals surface area contributed by atoms with Crippen LogP contribution in [0.2, 0.25) is 5.02 Å². The summed E-state index contributed by atoms with van der Waals surface area (Å²) >= 11 is 8.80. The average Bonchev–Trinajstić information content (AvgIpc) is 2.38. The first-order valence-electron chi connectivity index (χ1n) is 5.37. The van der Waals surface area contributed by atoms with Crippen LogP contribution in [0, 0.1) is 0 Å². The van der Waals surface area contributed by atoms with Crippen LogP contribution in [0.4, 0.5) is 5.69 Å². The molecule has 0 atom stereocenters. The van der Waals surface area contributed by atoms with E-state index in [0.717, 1.165) is 16.0 Å². The van der Waals surface area contributed by atoms with Gasteiger partial charge in [0.1, 0.15) is 0 Å². The molecule has 0 saturated carbocycles. The van der Waals surface area contributed by atoms with Gasteiger partial charge < -0.3 is 0 Å². The van der Waals surface area contributed by atoms with Crippen molar-refractivity contribution in [2.45, 2.75) is 6.54 Å². The van der Waals surface area contributed by atoms with E-state index < -0.39 is 0 Å². The molecule has 5 heteroatoms. The first-order chi connectivity index (χ1) is 8.74. The van der Waals surface area contributed by atoms with Crippen LogP contribution in [0.5, 0.6) is 0 Å². The van der Waals surface area contributed by atoms with E-state index in [1.807, 2.05) is 36.4 Å². The molecule has 18 heavy (non-hydrogen) atoms. The molecule has 1 heterocycles. The SMILES string of the molecule is Clc1cccc(NC([Se])=NCc2ccncc2)c1. The fraction of sp³-hybridized carbons (Fsp3) is 0.0769. The molecule has 0 fully saturated rings. The molecule has 2 aromatic rings. The number of amidine groups is 1. The third-order valence-electron chi connectivity index (χ3n) is 2.23. The fourth-order valence-corrected chi connectivity index (χ4v) is 1.95. The van der Waals surface area contributed by atoms with E-state index in [9.17, 15) is 0 Å². The molecule has 1 radical (unpaired) electrons. The van der Waals surface area contributed by atoms with Crippen molar-refractivity contribution < 1.29 is 0 Å². The van der Waals surface area contributed by atoms with Gasteiger partial charge in [0.25, 0.3) is 0 Å². The van der Waals surface area contributed by atoms with Gasteiger partial charge in [0, 0.05) is 0 Å². The number of rotatable bonds is 3. The monoisotopic (exact) mass is 324 g/mol. The summed E-state index contributed by atoms with van der Waals surface area (Å²) in [7, 11) is 0. The summed E-state index contributed by atoms with van der Waals surface area (Å²) in [6, 6.07) is 11.4. The van der Waals surface area contributed by atoms with Gasteiger partial charge in [-0.25, -0.2) is 0 Å². The van der Waals surface area contributed by atoms with Crippen molar-refractivity contribution in [1.82, 2.24) is 4.98 Å². The molecule has 3 nitrogen and oxygen atoms in total. The van der Waals surface area contributed by atoms with Crippen molar-refractivity contribution in [3.63, 3.8) is 0 Å². The number of nitrogens with one attached hydrogen (secondary N) is 1. The molecular weight excluding hydrogens is 313 g/mol. The number of hydrogen-bond acceptors (Lipinski definition) is 2. The molecule has 0 bridgehead atoms. The zero-order chi connectivity index (χ0) is 12.8. The Kier molecular flexibility index (Phi) is 4.76. The van der Waals surface area contributed by atoms with E-state index in [1.165, 1.54) is 0 Å². The summed E-state index contributed by atoms with van der Waals surface area (Å²) in [6.45, 7) is 0.610. The van der Waals surface area contributed by atoms with Gasteiger partial charge in [0.2, 0.25) is 0 Å². The second-order valence-corrected chi connectivity index (χ2v) is 4.86. The van der Waals surface area contributed by atoms with E-state index >= 15 is 0 Å². The Morgan fingerprint density at radius 2 is 2.06 bits per heavy atom. The van der Waals surface area contributed by atoms with Gasteiger partial charge in [0.05, 0.1) is 0 Å². The van der Waals surface area contributed by atoms with Crippen molar-refractivity contribution in [2.24, 2.45) is 4.99 Å². The number of anilines is 1. The molecule has 2 rings (SSSR count). The van der Waals surface area contributed by atoms with Crippen molar-refractivity contribution >= 4 is 38.0 Å². The summed E-state index contributed by atoms with van der Waals surface area (Å²) in [4.78, 5) is 8.36. The van der Waals surface area contributed by atoms with Crippen LogP contribution in [0.25, 0.3) is 0 Å². The Labute approximate surface area is 119 Å². The van der Waals surface area contributed by atoms with Gasteiger partial charge in [-0.1, -0.05) is 0 Å². The van der Waals surface area contributed by atoms with Crippen LogP contribution in [0.1, 0.15) is 5.56 Å². The van der Waals surface area contributed by atoms with E-state index in [-0.39, 0.29) is 0 Å². The van der Waals surface area contributed by atoms with Gasteiger partial charge in [-0.3, -0.25) is 0 Å². The molecule has 0 amide bonds. The topological polar surface area (TPSA) is 37.3 Å². The average molecular weight is 324 g/mol. The molecule has 1 aromatic heterocycles. The predicted molar refractivity (Wildman–Crippen MR) is 76.2 cm³/mol. The minimum atomic E-state index is 0.610. The third-order valence-corrected chi connectivity index (χ3v) is 2.95. The van der Waals surface area contributed by atoms with Gasteiger partial charge >= 0.3 is 119 Å². The van der Waals surface area contributed by atoms with Gasteiger partial charge in [-0.15, -0.1) is 0 Å². The van der Waals surface area contributed by atoms with Crippen LogP contribution >= 0.6 is 11.6 Å². The first-order valence-corrected chi connectivity index (χ1v) is 6.60. The molecule has 91 valence electrons. The molecule has 0 saturated heterocycles. The Hall–Kier alpha value is -1.35. The van der Waals surface area contributed by atoms with Crippen molar-refractivity contribution in [3.05, 3.63) is 59.4 Å². The molecule has 0 aliphatic rings. The molecule has 0 aliphatic carbocycles. The molecular formula is C13H11ClN3Se. The van der Waals surface area contributed by atoms with Gasteiger partial charge in [-0.05, 0) is 0 Å². The van der Waals surface area contributed by atoms with Crippen LogP contribution in [-0.2, 0) is 6.54 Å². The second-order valence-electron chi connectivity index (χ2n) is 3.61. The number of aromatic nitrogens is 1. The fourth-order valence-electron chi connectivity index (χ4n) is 1.38. The molecule has 0 unspecified atom stereocenters. The zero-order valence-electron chi connectivity index (χ0n) is 9.51. The minimum absolute atomic E-state index is 0.610. The van der Waals surface area contributed by atoms with E-state index in [1.54, 1.807) is 12.4 Å². The van der Waals surface area contributed by atoms with E-state index in [4.69, 9.17) is 11.6 Å². The van der Waals surface area contributed by atoms with E-state index in [2.05, 4.69) is 31.3 Å². The van der Waals surface area contributed by atoms with Crippen LogP contribution in [0.15, 0.2) is 53.8 Å². The third kappa shape index (κ3) is 4.15. The number of pyridine rings is 1. The standard InChI is InChI=1S/C13H11ClN3Se/c14-11-2-1-3-12(8-11)17-13(18)16-9-10-4-6-15-7-5-10/h1-8H,9H2,(H,16,17). The summed E-state index contributed by atoms with van der Waals surface area (Å²) in [5.74, 6) is 0. The van der Waals surface area contributed by atoms with Gasteiger partial charge in [0.15, 0.2) is 0 Å². The van der Waals surface area contributed by atoms with Crippen molar-refractivity contribution in [1.29, 1.82) is 0 Å². The second kappa shape index (κ2) is 6.55. The first kappa shape index (κ1) is 13.1. The molecule has 0 aliphatic heterocycles. The number of hydrogen-bond donors (Lipinski definition) is 1. The number of halogens is 1. The molecule has 0 spiro atoms. The van der Waals surface area contributed by atoms with Crippen LogP contribution < -0.4 is 5.32 Å². The maximum absolute atomic E-state index is 5.90. The molecule has 1 aromatic carbocycles. The Balaban J connectivity index is 1.97. The van der Waals surface area contributed by atoms with Crippen LogP contribution in [0.3, 0.4) is 0 Å². The predicted octanol–water partition coefficient (Wildman–Crippen LogP) is 2.87. The summed E-state index contributed by atoms with van der Waals surface area (Å²) in [6.07, 6.45) is 3.52. The summed E-state index contributed by atoms with van der Waals surface area (Å²) in [5, 5.41) is 3.84. The van der Waals surface area contributed by atoms with Crippen molar-refractivity contribution in [3.8, 4) is 0 Å². The number of benzene rings is 1. The Morgan fingerprint density at radius 1 is 1.28 bits per heavy atom. The molecule has 1 N–H and O–H groups in total. The quantitative estimate of drug-likeness (QED) is 0.536. The Bertz CT molecular complexity index is 543. The number of aliphatic imine (C=N–C) groups is 1. The normalized spacial score (nSPS) is 11.3. The van der Waals surface area contributed by atoms with Crippen LogP contribution in [-0.4, -0.2) is 25.7 Å². The number of nitrogens with zero attached hydrogens (tertiary/aromatic N) is 2. The summed E-state index contributed by atoms with van der Waals surface area (Å²) < 4.78 is 0.731. The maximum atomic E-state index is 5.90. The summed E-state index contributed by atoms with van der Waals surface area (Å²) in [5.41, 5.74) is 2.03. The van der Waals surface area contributed by atoms with Crippen molar-refractivity contribution in [2.75, 3.05) is 5.32 Å². The Morgan fingerprint density at radius 3 is 2.78 bits per heavy atom. The van der Waals surface area contributed by atoms with E-state index in [0.29, 0.717) is 11.6 Å². The zero-order valence-corrected chi connectivity index (χ0v) is 12.0. The van der Waals surface area contributed by atoms with Gasteiger partial charge in [-0.2, -0.15) is 0 Å².